The summed E-state index contributed by atoms with van der Waals surface area (Å²) >= 11 is 0. The molecule has 2 N–H and O–H groups in total. The second-order valence-electron chi connectivity index (χ2n) is 10.2. The van der Waals surface area contributed by atoms with E-state index in [4.69, 9.17) is 4.74 Å². The Kier molecular flexibility index (Phi) is 7.63. The van der Waals surface area contributed by atoms with Crippen molar-refractivity contribution in [2.24, 2.45) is 11.8 Å². The van der Waals surface area contributed by atoms with Crippen LogP contribution in [-0.4, -0.2) is 57.9 Å². The van der Waals surface area contributed by atoms with Crippen LogP contribution in [0.25, 0.3) is 11.2 Å². The summed E-state index contributed by atoms with van der Waals surface area (Å²) in [6, 6.07) is 8.11. The molecule has 1 aromatic carbocycles. The van der Waals surface area contributed by atoms with E-state index < -0.39 is 27.6 Å². The lowest BCUT2D eigenvalue weighted by molar-refractivity contribution is -0.125. The molecule has 11 nitrogen and oxygen atoms in total. The van der Waals surface area contributed by atoms with Crippen molar-refractivity contribution in [3.8, 4) is 0 Å². The van der Waals surface area contributed by atoms with Crippen LogP contribution in [0, 0.1) is 18.8 Å². The minimum atomic E-state index is -3.84. The number of aromatic nitrogens is 3. The van der Waals surface area contributed by atoms with E-state index in [0.717, 1.165) is 16.0 Å². The zero-order valence-electron chi connectivity index (χ0n) is 22.3. The number of nitrogens with zero attached hydrogens (tertiary/aromatic N) is 4. The molecule has 1 saturated heterocycles. The van der Waals surface area contributed by atoms with Crippen LogP contribution in [-0.2, 0) is 19.6 Å². The molecular weight excluding hydrogens is 508 g/mol. The monoisotopic (exact) mass is 542 g/mol. The molecule has 3 aromatic rings. The molecule has 0 radical (unpaired) electrons. The van der Waals surface area contributed by atoms with E-state index in [2.05, 4.69) is 20.8 Å². The number of hydrazine groups is 1. The van der Waals surface area contributed by atoms with Crippen molar-refractivity contribution in [1.29, 1.82) is 0 Å². The van der Waals surface area contributed by atoms with Gasteiger partial charge in [0.2, 0.25) is 5.91 Å². The molecular formula is C26H34N6O5S. The number of nitrogens with one attached hydrogen (secondary N) is 2. The van der Waals surface area contributed by atoms with Gasteiger partial charge in [-0.1, -0.05) is 38.0 Å². The first-order chi connectivity index (χ1) is 17.9. The molecule has 38 heavy (non-hydrogen) atoms. The number of carbonyl (C=O) groups excluding carboxylic acids is 2. The van der Waals surface area contributed by atoms with Crippen molar-refractivity contribution < 1.29 is 22.7 Å². The van der Waals surface area contributed by atoms with Gasteiger partial charge in [-0.2, -0.15) is 0 Å². The van der Waals surface area contributed by atoms with Gasteiger partial charge in [0.15, 0.2) is 11.5 Å². The molecule has 0 bridgehead atoms. The highest BCUT2D eigenvalue weighted by Crippen LogP contribution is 2.28. The quantitative estimate of drug-likeness (QED) is 0.411. The standard InChI is InChI=1S/C26H34N6O5S/c1-6-18-15-31(25(34)37-26(4,5)7-2)16-20(18)24(33)30-29-22-14-27-23-21(28-22)12-13-32(23)38(35,36)19-10-8-17(3)9-11-19/h8-14,18,20H,6-7,15-16H2,1-5H3,(H,28,29)(H,30,33). The molecule has 1 aliphatic heterocycles. The molecule has 12 heteroatoms. The second-order valence-corrected chi connectivity index (χ2v) is 12.0. The van der Waals surface area contributed by atoms with Crippen LogP contribution in [0.2, 0.25) is 0 Å². The van der Waals surface area contributed by atoms with Crippen molar-refractivity contribution in [3.63, 3.8) is 0 Å². The third kappa shape index (κ3) is 5.59. The van der Waals surface area contributed by atoms with E-state index in [1.54, 1.807) is 35.2 Å². The summed E-state index contributed by atoms with van der Waals surface area (Å²) < 4.78 is 32.8. The summed E-state index contributed by atoms with van der Waals surface area (Å²) in [5.74, 6) is -0.447. The highest BCUT2D eigenvalue weighted by atomic mass is 32.2. The highest BCUT2D eigenvalue weighted by Gasteiger charge is 2.40. The first-order valence-corrected chi connectivity index (χ1v) is 14.1. The number of carbonyl (C=O) groups is 2. The topological polar surface area (TPSA) is 136 Å². The van der Waals surface area contributed by atoms with Crippen LogP contribution >= 0.6 is 0 Å². The number of amides is 2. The molecule has 4 rings (SSSR count). The van der Waals surface area contributed by atoms with E-state index in [-0.39, 0.29) is 34.7 Å². The number of fused-ring (bicyclic) bond motifs is 1. The fourth-order valence-electron chi connectivity index (χ4n) is 4.29. The van der Waals surface area contributed by atoms with Crippen molar-refractivity contribution in [3.05, 3.63) is 48.3 Å². The Morgan fingerprint density at radius 2 is 1.84 bits per heavy atom. The SMILES string of the molecule is CCC1CN(C(=O)OC(C)(C)CC)CC1C(=O)NNc1cnc2c(ccn2S(=O)(=O)c2ccc(C)cc2)n1. The van der Waals surface area contributed by atoms with Crippen molar-refractivity contribution in [1.82, 2.24) is 24.3 Å². The molecule has 2 aromatic heterocycles. The lowest BCUT2D eigenvalue weighted by Gasteiger charge is -2.27. The van der Waals surface area contributed by atoms with Gasteiger partial charge in [-0.05, 0) is 51.3 Å². The van der Waals surface area contributed by atoms with Crippen molar-refractivity contribution in [2.45, 2.75) is 58.0 Å². The Bertz CT molecular complexity index is 1430. The molecule has 1 aliphatic rings. The smallest absolute Gasteiger partial charge is 0.410 e. The summed E-state index contributed by atoms with van der Waals surface area (Å²) in [5, 5.41) is 0. The summed E-state index contributed by atoms with van der Waals surface area (Å²) in [6.07, 6.45) is 3.75. The maximum absolute atomic E-state index is 13.1. The molecule has 0 spiro atoms. The van der Waals surface area contributed by atoms with E-state index in [1.807, 2.05) is 34.6 Å². The Morgan fingerprint density at radius 3 is 2.50 bits per heavy atom. The van der Waals surface area contributed by atoms with Crippen LogP contribution in [0.5, 0.6) is 0 Å². The van der Waals surface area contributed by atoms with Crippen LogP contribution in [0.3, 0.4) is 0 Å². The molecule has 2 atom stereocenters. The minimum absolute atomic E-state index is 0.0105. The van der Waals surface area contributed by atoms with Gasteiger partial charge in [-0.3, -0.25) is 15.6 Å². The Hall–Kier alpha value is -3.67. The average Bonchev–Trinajstić information content (AvgIpc) is 3.52. The lowest BCUT2D eigenvalue weighted by atomic mass is 9.93. The Morgan fingerprint density at radius 1 is 1.13 bits per heavy atom. The van der Waals surface area contributed by atoms with E-state index in [9.17, 15) is 18.0 Å². The van der Waals surface area contributed by atoms with Gasteiger partial charge < -0.3 is 9.64 Å². The maximum atomic E-state index is 13.1. The Balaban J connectivity index is 1.43. The number of aryl methyl sites for hydroxylation is 1. The molecule has 1 fully saturated rings. The number of benzene rings is 1. The minimum Gasteiger partial charge on any atom is -0.443 e. The van der Waals surface area contributed by atoms with Crippen LogP contribution < -0.4 is 10.9 Å². The molecule has 204 valence electrons. The van der Waals surface area contributed by atoms with E-state index in [0.29, 0.717) is 18.5 Å². The first kappa shape index (κ1) is 27.4. The molecule has 0 aliphatic carbocycles. The average molecular weight is 543 g/mol. The van der Waals surface area contributed by atoms with Crippen molar-refractivity contribution >= 4 is 39.0 Å². The van der Waals surface area contributed by atoms with Crippen LogP contribution in [0.15, 0.2) is 47.6 Å². The van der Waals surface area contributed by atoms with E-state index >= 15 is 0 Å². The van der Waals surface area contributed by atoms with Gasteiger partial charge >= 0.3 is 6.09 Å². The Labute approximate surface area is 222 Å². The maximum Gasteiger partial charge on any atom is 0.410 e. The highest BCUT2D eigenvalue weighted by molar-refractivity contribution is 7.90. The van der Waals surface area contributed by atoms with Crippen molar-refractivity contribution in [2.75, 3.05) is 18.5 Å². The van der Waals surface area contributed by atoms with Gasteiger partial charge in [0, 0.05) is 19.3 Å². The number of hydrogen-bond donors (Lipinski definition) is 2. The summed E-state index contributed by atoms with van der Waals surface area (Å²) in [4.78, 5) is 36.0. The summed E-state index contributed by atoms with van der Waals surface area (Å²) in [6.45, 7) is 10.2. The number of anilines is 1. The van der Waals surface area contributed by atoms with Crippen LogP contribution in [0.1, 0.15) is 46.1 Å². The fraction of sp³-hybridized carbons (Fsp3) is 0.462. The largest absolute Gasteiger partial charge is 0.443 e. The molecule has 3 heterocycles. The van der Waals surface area contributed by atoms with Gasteiger partial charge in [-0.15, -0.1) is 0 Å². The van der Waals surface area contributed by atoms with Gasteiger partial charge in [0.1, 0.15) is 11.1 Å². The predicted octanol–water partition coefficient (Wildman–Crippen LogP) is 3.70. The number of ether oxygens (including phenoxy) is 1. The van der Waals surface area contributed by atoms with E-state index in [1.165, 1.54) is 12.4 Å². The molecule has 2 amide bonds. The number of likely N-dealkylation sites (tertiary alicyclic amines) is 1. The number of hydrogen-bond acceptors (Lipinski definition) is 8. The normalized spacial score (nSPS) is 18.0. The third-order valence-corrected chi connectivity index (χ3v) is 8.70. The zero-order chi connectivity index (χ0) is 27.7. The summed E-state index contributed by atoms with van der Waals surface area (Å²) in [5.41, 5.74) is 6.33. The summed E-state index contributed by atoms with van der Waals surface area (Å²) in [7, 11) is -3.84. The zero-order valence-corrected chi connectivity index (χ0v) is 23.1. The van der Waals surface area contributed by atoms with Gasteiger partial charge in [-0.25, -0.2) is 27.2 Å². The predicted molar refractivity (Wildman–Crippen MR) is 143 cm³/mol. The number of rotatable bonds is 8. The second kappa shape index (κ2) is 10.6. The van der Waals surface area contributed by atoms with Crippen LogP contribution in [0.4, 0.5) is 10.6 Å². The lowest BCUT2D eigenvalue weighted by Crippen LogP contribution is -2.40. The fourth-order valence-corrected chi connectivity index (χ4v) is 5.58. The van der Waals surface area contributed by atoms with Gasteiger partial charge in [0.05, 0.1) is 17.0 Å². The first-order valence-electron chi connectivity index (χ1n) is 12.6. The third-order valence-electron chi connectivity index (χ3n) is 7.02. The molecule has 0 saturated carbocycles. The molecule has 2 unspecified atom stereocenters. The van der Waals surface area contributed by atoms with Gasteiger partial charge in [0.25, 0.3) is 10.0 Å².